The maximum absolute atomic E-state index is 13.6. The van der Waals surface area contributed by atoms with Crippen LogP contribution in [0.3, 0.4) is 0 Å². The van der Waals surface area contributed by atoms with Gasteiger partial charge in [-0.05, 0) is 60.7 Å². The lowest BCUT2D eigenvalue weighted by atomic mass is 9.85. The van der Waals surface area contributed by atoms with Crippen molar-refractivity contribution >= 4 is 10.9 Å². The predicted molar refractivity (Wildman–Crippen MR) is 132 cm³/mol. The highest BCUT2D eigenvalue weighted by molar-refractivity contribution is 5.85. The second kappa shape index (κ2) is 8.59. The summed E-state index contributed by atoms with van der Waals surface area (Å²) >= 11 is 0. The number of H-pyrrole nitrogens is 1. The number of aryl methyl sites for hydroxylation is 1. The number of fused-ring (bicyclic) bond motifs is 6. The van der Waals surface area contributed by atoms with Gasteiger partial charge in [-0.1, -0.05) is 35.9 Å². The number of benzene rings is 3. The highest BCUT2D eigenvalue weighted by Crippen LogP contribution is 2.44. The van der Waals surface area contributed by atoms with Gasteiger partial charge >= 0.3 is 6.18 Å². The summed E-state index contributed by atoms with van der Waals surface area (Å²) in [6, 6.07) is 16.9. The van der Waals surface area contributed by atoms with Crippen LogP contribution in [0.15, 0.2) is 54.6 Å². The molecule has 1 aromatic heterocycles. The van der Waals surface area contributed by atoms with Gasteiger partial charge in [0.25, 0.3) is 0 Å². The Kier molecular flexibility index (Phi) is 5.48. The number of hydrogen-bond donors (Lipinski definition) is 1. The van der Waals surface area contributed by atoms with E-state index in [1.165, 1.54) is 34.3 Å². The van der Waals surface area contributed by atoms with Crippen molar-refractivity contribution < 1.29 is 22.6 Å². The van der Waals surface area contributed by atoms with E-state index in [2.05, 4.69) is 28.1 Å². The minimum atomic E-state index is -4.44. The number of methoxy groups -OCH3 is 1. The first-order chi connectivity index (χ1) is 17.3. The average Bonchev–Trinajstić information content (AvgIpc) is 3.23. The number of aromatic nitrogens is 1. The van der Waals surface area contributed by atoms with Crippen LogP contribution in [0.1, 0.15) is 45.1 Å². The van der Waals surface area contributed by atoms with Crippen LogP contribution >= 0.6 is 0 Å². The molecule has 0 aliphatic carbocycles. The van der Waals surface area contributed by atoms with E-state index in [1.807, 2.05) is 18.2 Å². The van der Waals surface area contributed by atoms with Crippen LogP contribution in [0.5, 0.6) is 11.5 Å². The van der Waals surface area contributed by atoms with E-state index in [1.54, 1.807) is 20.1 Å². The van der Waals surface area contributed by atoms with Crippen LogP contribution in [0, 0.1) is 6.92 Å². The van der Waals surface area contributed by atoms with E-state index in [4.69, 9.17) is 9.47 Å². The zero-order valence-electron chi connectivity index (χ0n) is 20.2. The van der Waals surface area contributed by atoms with Crippen molar-refractivity contribution in [1.29, 1.82) is 0 Å². The van der Waals surface area contributed by atoms with Crippen molar-refractivity contribution in [3.05, 3.63) is 93.7 Å². The average molecular weight is 493 g/mol. The Labute approximate surface area is 207 Å². The third kappa shape index (κ3) is 3.91. The van der Waals surface area contributed by atoms with Crippen LogP contribution in [0.4, 0.5) is 13.2 Å². The molecule has 0 bridgehead atoms. The van der Waals surface area contributed by atoms with Crippen LogP contribution in [-0.4, -0.2) is 23.5 Å². The largest absolute Gasteiger partial charge is 0.493 e. The van der Waals surface area contributed by atoms with Gasteiger partial charge in [0.1, 0.15) is 6.61 Å². The van der Waals surface area contributed by atoms with Gasteiger partial charge in [0, 0.05) is 41.3 Å². The Morgan fingerprint density at radius 2 is 1.89 bits per heavy atom. The number of aromatic amines is 1. The monoisotopic (exact) mass is 492 g/mol. The Morgan fingerprint density at radius 3 is 2.69 bits per heavy atom. The third-order valence-corrected chi connectivity index (χ3v) is 7.51. The number of nitrogens with one attached hydrogen (secondary N) is 1. The molecular formula is C29H27F3N2O2. The molecule has 0 fully saturated rings. The lowest BCUT2D eigenvalue weighted by Gasteiger charge is -2.40. The molecule has 1 unspecified atom stereocenters. The normalized spacial score (nSPS) is 17.4. The summed E-state index contributed by atoms with van der Waals surface area (Å²) in [5, 5.41) is 1.25. The van der Waals surface area contributed by atoms with Gasteiger partial charge in [0.15, 0.2) is 11.5 Å². The number of halogens is 3. The molecule has 0 radical (unpaired) electrons. The minimum Gasteiger partial charge on any atom is -0.493 e. The molecule has 3 aromatic carbocycles. The molecule has 1 N–H and O–H groups in total. The molecule has 2 aliphatic rings. The summed E-state index contributed by atoms with van der Waals surface area (Å²) in [6.45, 7) is 3.25. The second-order valence-corrected chi connectivity index (χ2v) is 9.72. The standard InChI is InChI=1S/C29H27F3N2O2/c1-17-7-8-19(23(11-17)29(30,31)32)16-36-28-14-21-18(12-27(28)35-2)9-10-34-15-25-22(13-26(21)34)20-5-3-4-6-24(20)33-25/h3-8,11-12,14,26,33H,9-10,13,15-16H2,1-2H3. The summed E-state index contributed by atoms with van der Waals surface area (Å²) < 4.78 is 52.5. The molecule has 7 heteroatoms. The Morgan fingerprint density at radius 1 is 1.06 bits per heavy atom. The predicted octanol–water partition coefficient (Wildman–Crippen LogP) is 6.74. The van der Waals surface area contributed by atoms with Crippen LogP contribution in [0.25, 0.3) is 10.9 Å². The summed E-state index contributed by atoms with van der Waals surface area (Å²) in [5.41, 5.74) is 6.13. The number of rotatable bonds is 4. The molecule has 6 rings (SSSR count). The number of para-hydroxylation sites is 1. The van der Waals surface area contributed by atoms with Crippen molar-refractivity contribution in [3.63, 3.8) is 0 Å². The molecule has 3 heterocycles. The number of ether oxygens (including phenoxy) is 2. The van der Waals surface area contributed by atoms with Crippen LogP contribution < -0.4 is 9.47 Å². The van der Waals surface area contributed by atoms with Gasteiger partial charge in [0.05, 0.1) is 12.7 Å². The molecule has 0 saturated carbocycles. The molecule has 4 aromatic rings. The number of alkyl halides is 3. The quantitative estimate of drug-likeness (QED) is 0.343. The molecule has 36 heavy (non-hydrogen) atoms. The zero-order chi connectivity index (χ0) is 25.0. The van der Waals surface area contributed by atoms with E-state index in [9.17, 15) is 13.2 Å². The summed E-state index contributed by atoms with van der Waals surface area (Å²) in [4.78, 5) is 6.05. The van der Waals surface area contributed by atoms with Gasteiger partial charge in [-0.25, -0.2) is 0 Å². The molecule has 4 nitrogen and oxygen atoms in total. The summed E-state index contributed by atoms with van der Waals surface area (Å²) in [7, 11) is 1.57. The van der Waals surface area contributed by atoms with Gasteiger partial charge in [-0.15, -0.1) is 0 Å². The van der Waals surface area contributed by atoms with Crippen molar-refractivity contribution in [2.24, 2.45) is 0 Å². The maximum Gasteiger partial charge on any atom is 0.416 e. The van der Waals surface area contributed by atoms with Crippen LogP contribution in [-0.2, 0) is 32.2 Å². The summed E-state index contributed by atoms with van der Waals surface area (Å²) in [6.07, 6.45) is -2.69. The highest BCUT2D eigenvalue weighted by Gasteiger charge is 2.36. The number of nitrogens with zero attached hydrogens (tertiary/aromatic N) is 1. The molecule has 0 spiro atoms. The maximum atomic E-state index is 13.6. The van der Waals surface area contributed by atoms with Crippen molar-refractivity contribution in [3.8, 4) is 11.5 Å². The van der Waals surface area contributed by atoms with E-state index < -0.39 is 11.7 Å². The smallest absolute Gasteiger partial charge is 0.416 e. The Balaban J connectivity index is 1.34. The van der Waals surface area contributed by atoms with E-state index in [0.717, 1.165) is 37.0 Å². The van der Waals surface area contributed by atoms with Gasteiger partial charge in [-0.2, -0.15) is 13.2 Å². The topological polar surface area (TPSA) is 37.5 Å². The van der Waals surface area contributed by atoms with Crippen molar-refractivity contribution in [2.75, 3.05) is 13.7 Å². The van der Waals surface area contributed by atoms with Gasteiger partial charge in [-0.3, -0.25) is 4.90 Å². The van der Waals surface area contributed by atoms with E-state index >= 15 is 0 Å². The molecule has 186 valence electrons. The first kappa shape index (κ1) is 23.0. The Hall–Kier alpha value is -3.45. The lowest BCUT2D eigenvalue weighted by Crippen LogP contribution is -2.39. The van der Waals surface area contributed by atoms with Crippen molar-refractivity contribution in [2.45, 2.75) is 45.1 Å². The third-order valence-electron chi connectivity index (χ3n) is 7.51. The number of hydrogen-bond acceptors (Lipinski definition) is 3. The van der Waals surface area contributed by atoms with E-state index in [-0.39, 0.29) is 18.2 Å². The van der Waals surface area contributed by atoms with Crippen molar-refractivity contribution in [1.82, 2.24) is 9.88 Å². The minimum absolute atomic E-state index is 0.107. The SMILES string of the molecule is COc1cc2c(cc1OCc1ccc(C)cc1C(F)(F)F)C1Cc3c([nH]c4ccccc34)CN1CC2. The zero-order valence-corrected chi connectivity index (χ0v) is 20.2. The van der Waals surface area contributed by atoms with Gasteiger partial charge < -0.3 is 14.5 Å². The molecule has 0 amide bonds. The highest BCUT2D eigenvalue weighted by atomic mass is 19.4. The lowest BCUT2D eigenvalue weighted by molar-refractivity contribution is -0.138. The fourth-order valence-electron chi connectivity index (χ4n) is 5.72. The molecule has 1 atom stereocenters. The summed E-state index contributed by atoms with van der Waals surface area (Å²) in [5.74, 6) is 1.02. The fourth-order valence-corrected chi connectivity index (χ4v) is 5.72. The second-order valence-electron chi connectivity index (χ2n) is 9.72. The van der Waals surface area contributed by atoms with E-state index in [0.29, 0.717) is 17.1 Å². The first-order valence-electron chi connectivity index (χ1n) is 12.1. The molecule has 2 aliphatic heterocycles. The fraction of sp³-hybridized carbons (Fsp3) is 0.310. The Bertz CT molecular complexity index is 1460. The van der Waals surface area contributed by atoms with Gasteiger partial charge in [0.2, 0.25) is 0 Å². The first-order valence-corrected chi connectivity index (χ1v) is 12.1. The van der Waals surface area contributed by atoms with Crippen LogP contribution in [0.2, 0.25) is 0 Å². The molecular weight excluding hydrogens is 465 g/mol. The molecule has 0 saturated heterocycles.